The van der Waals surface area contributed by atoms with Crippen LogP contribution in [-0.2, 0) is 19.5 Å². The summed E-state index contributed by atoms with van der Waals surface area (Å²) in [5, 5.41) is 0. The Hall–Kier alpha value is -2.02. The molecule has 0 aromatic heterocycles. The van der Waals surface area contributed by atoms with Gasteiger partial charge in [0.2, 0.25) is 0 Å². The molecule has 0 fully saturated rings. The first-order valence-corrected chi connectivity index (χ1v) is 8.59. The van der Waals surface area contributed by atoms with Crippen molar-refractivity contribution in [2.75, 3.05) is 7.11 Å². The number of fused-ring (bicyclic) bond motifs is 1. The molecule has 3 rings (SSSR count). The second-order valence-corrected chi connectivity index (χ2v) is 6.93. The van der Waals surface area contributed by atoms with E-state index in [1.807, 2.05) is 31.2 Å². The molecule has 23 heavy (non-hydrogen) atoms. The highest BCUT2D eigenvalue weighted by molar-refractivity contribution is 7.90. The van der Waals surface area contributed by atoms with Gasteiger partial charge in [-0.25, -0.2) is 0 Å². The number of aryl methyl sites for hydroxylation is 1. The molecule has 0 amide bonds. The summed E-state index contributed by atoms with van der Waals surface area (Å²) in [4.78, 5) is 0.161. The van der Waals surface area contributed by atoms with Crippen LogP contribution in [0.4, 0.5) is 0 Å². The van der Waals surface area contributed by atoms with Gasteiger partial charge in [-0.05, 0) is 24.6 Å². The molecule has 0 saturated heterocycles. The van der Waals surface area contributed by atoms with Crippen LogP contribution < -0.4 is 0 Å². The number of benzene rings is 2. The zero-order valence-corrected chi connectivity index (χ0v) is 13.7. The zero-order chi connectivity index (χ0) is 16.4. The summed E-state index contributed by atoms with van der Waals surface area (Å²) in [6.45, 7) is 1.90. The average molecular weight is 331 g/mol. The fraction of sp³-hybridized carbons (Fsp3) is 0.235. The zero-order valence-electron chi connectivity index (χ0n) is 12.8. The van der Waals surface area contributed by atoms with Crippen molar-refractivity contribution in [3.05, 3.63) is 65.2 Å². The monoisotopic (exact) mass is 331 g/mol. The number of rotatable bonds is 4. The topological polar surface area (TPSA) is 65.0 Å². The molecule has 0 N–H and O–H groups in total. The Bertz CT molecular complexity index is 828. The molecular formula is C17H17NO4S. The van der Waals surface area contributed by atoms with Crippen LogP contribution in [0.5, 0.6) is 0 Å². The maximum absolute atomic E-state index is 12.3. The predicted molar refractivity (Wildman–Crippen MR) is 86.9 cm³/mol. The largest absolute Gasteiger partial charge is 0.352 e. The summed E-state index contributed by atoms with van der Waals surface area (Å²) in [7, 11) is -2.20. The van der Waals surface area contributed by atoms with E-state index in [9.17, 15) is 8.42 Å². The van der Waals surface area contributed by atoms with E-state index in [4.69, 9.17) is 9.47 Å². The van der Waals surface area contributed by atoms with Gasteiger partial charge < -0.3 is 9.47 Å². The molecule has 0 aliphatic carbocycles. The molecule has 5 nitrogen and oxygen atoms in total. The highest BCUT2D eigenvalue weighted by Gasteiger charge is 2.30. The van der Waals surface area contributed by atoms with E-state index in [0.29, 0.717) is 0 Å². The molecule has 0 spiro atoms. The molecule has 0 radical (unpaired) electrons. The normalized spacial score (nSPS) is 20.8. The summed E-state index contributed by atoms with van der Waals surface area (Å²) in [5.41, 5.74) is 2.74. The summed E-state index contributed by atoms with van der Waals surface area (Å²) >= 11 is 0. The lowest BCUT2D eigenvalue weighted by atomic mass is 10.1. The summed E-state index contributed by atoms with van der Waals surface area (Å²) < 4.78 is 39.3. The molecule has 0 saturated carbocycles. The van der Waals surface area contributed by atoms with Crippen LogP contribution >= 0.6 is 0 Å². The first-order chi connectivity index (χ1) is 11.0. The minimum Gasteiger partial charge on any atom is -0.352 e. The van der Waals surface area contributed by atoms with Crippen LogP contribution in [-0.4, -0.2) is 21.7 Å². The van der Waals surface area contributed by atoms with Crippen LogP contribution in [0.1, 0.15) is 29.1 Å². The first kappa shape index (κ1) is 15.9. The number of methoxy groups -OCH3 is 1. The minimum absolute atomic E-state index is 0.161. The summed E-state index contributed by atoms with van der Waals surface area (Å²) in [6.07, 6.45) is 0.258. The molecule has 1 aliphatic heterocycles. The molecule has 2 unspecified atom stereocenters. The van der Waals surface area contributed by atoms with Crippen LogP contribution in [0.15, 0.2) is 57.8 Å². The number of ether oxygens (including phenoxy) is 2. The summed E-state index contributed by atoms with van der Waals surface area (Å²) in [6, 6.07) is 14.1. The van der Waals surface area contributed by atoms with Gasteiger partial charge >= 0.3 is 0 Å². The maximum Gasteiger partial charge on any atom is 0.282 e. The molecule has 2 atom stereocenters. The molecule has 2 aromatic carbocycles. The number of hydrogen-bond donors (Lipinski definition) is 0. The lowest BCUT2D eigenvalue weighted by Crippen LogP contribution is -2.04. The van der Waals surface area contributed by atoms with Crippen molar-refractivity contribution in [3.63, 3.8) is 0 Å². The van der Waals surface area contributed by atoms with Gasteiger partial charge in [-0.3, -0.25) is 0 Å². The molecule has 1 aliphatic rings. The van der Waals surface area contributed by atoms with Crippen molar-refractivity contribution in [1.82, 2.24) is 0 Å². The molecule has 120 valence electrons. The third-order valence-corrected chi connectivity index (χ3v) is 4.96. The van der Waals surface area contributed by atoms with Crippen molar-refractivity contribution in [1.29, 1.82) is 0 Å². The van der Waals surface area contributed by atoms with E-state index < -0.39 is 22.4 Å². The van der Waals surface area contributed by atoms with Gasteiger partial charge in [-0.2, -0.15) is 12.8 Å². The van der Waals surface area contributed by atoms with Crippen molar-refractivity contribution in [3.8, 4) is 0 Å². The van der Waals surface area contributed by atoms with Gasteiger partial charge in [0.1, 0.15) is 6.10 Å². The number of sulfonamides is 1. The van der Waals surface area contributed by atoms with Gasteiger partial charge in [0, 0.05) is 12.7 Å². The Morgan fingerprint density at radius 2 is 1.74 bits per heavy atom. The highest BCUT2D eigenvalue weighted by Crippen LogP contribution is 2.38. The smallest absolute Gasteiger partial charge is 0.282 e. The highest BCUT2D eigenvalue weighted by atomic mass is 32.2. The fourth-order valence-corrected chi connectivity index (χ4v) is 3.34. The van der Waals surface area contributed by atoms with E-state index in [1.54, 1.807) is 31.4 Å². The van der Waals surface area contributed by atoms with Gasteiger partial charge in [-0.1, -0.05) is 42.0 Å². The van der Waals surface area contributed by atoms with Crippen molar-refractivity contribution in [2.45, 2.75) is 24.2 Å². The fourth-order valence-electron chi connectivity index (χ4n) is 2.47. The Labute approximate surface area is 135 Å². The molecule has 6 heteroatoms. The third-order valence-electron chi connectivity index (χ3n) is 3.69. The van der Waals surface area contributed by atoms with E-state index in [1.165, 1.54) is 6.21 Å². The second kappa shape index (κ2) is 6.23. The van der Waals surface area contributed by atoms with Crippen LogP contribution in [0.3, 0.4) is 0 Å². The molecule has 1 heterocycles. The second-order valence-electron chi connectivity index (χ2n) is 5.30. The lowest BCUT2D eigenvalue weighted by molar-refractivity contribution is -0.125. The Morgan fingerprint density at radius 3 is 2.39 bits per heavy atom. The average Bonchev–Trinajstić information content (AvgIpc) is 2.92. The SMILES string of the molecule is COC1OC(/C=N\S(=O)(=O)c2ccc(C)cc2)c2ccccc21. The van der Waals surface area contributed by atoms with E-state index in [0.717, 1.165) is 16.7 Å². The van der Waals surface area contributed by atoms with E-state index in [2.05, 4.69) is 4.40 Å². The number of hydrogen-bond acceptors (Lipinski definition) is 4. The lowest BCUT2D eigenvalue weighted by Gasteiger charge is -2.09. The van der Waals surface area contributed by atoms with Gasteiger partial charge in [-0.15, -0.1) is 0 Å². The number of nitrogens with zero attached hydrogens (tertiary/aromatic N) is 1. The van der Waals surface area contributed by atoms with Crippen molar-refractivity contribution < 1.29 is 17.9 Å². The van der Waals surface area contributed by atoms with Crippen LogP contribution in [0, 0.1) is 6.92 Å². The molecular weight excluding hydrogens is 314 g/mol. The standard InChI is InChI=1S/C17H17NO4S/c1-12-7-9-13(10-8-12)23(19,20)18-11-16-14-5-3-4-6-15(14)17(21-2)22-16/h3-11,16-17H,1-2H3/b18-11-. The Morgan fingerprint density at radius 1 is 1.09 bits per heavy atom. The van der Waals surface area contributed by atoms with Crippen LogP contribution in [0.2, 0.25) is 0 Å². The van der Waals surface area contributed by atoms with Gasteiger partial charge in [0.25, 0.3) is 10.0 Å². The van der Waals surface area contributed by atoms with Crippen molar-refractivity contribution in [2.24, 2.45) is 4.40 Å². The third kappa shape index (κ3) is 3.19. The summed E-state index contributed by atoms with van der Waals surface area (Å²) in [5.74, 6) is 0. The first-order valence-electron chi connectivity index (χ1n) is 7.15. The minimum atomic E-state index is -3.74. The predicted octanol–water partition coefficient (Wildman–Crippen LogP) is 3.17. The van der Waals surface area contributed by atoms with Gasteiger partial charge in [0.05, 0.1) is 11.1 Å². The van der Waals surface area contributed by atoms with Gasteiger partial charge in [0.15, 0.2) is 6.29 Å². The van der Waals surface area contributed by atoms with Crippen LogP contribution in [0.25, 0.3) is 0 Å². The molecule has 2 aromatic rings. The maximum atomic E-state index is 12.3. The Balaban J connectivity index is 1.87. The van der Waals surface area contributed by atoms with E-state index >= 15 is 0 Å². The molecule has 0 bridgehead atoms. The quantitative estimate of drug-likeness (QED) is 0.807. The van der Waals surface area contributed by atoms with E-state index in [-0.39, 0.29) is 4.90 Å². The Kier molecular flexibility index (Phi) is 4.30. The van der Waals surface area contributed by atoms with Crippen molar-refractivity contribution >= 4 is 16.2 Å².